The number of nitrogens with two attached hydrogens (primary N) is 1. The van der Waals surface area contributed by atoms with Crippen LogP contribution < -0.4 is 10.6 Å². The number of amides is 2. The molecule has 108 valence electrons. The van der Waals surface area contributed by atoms with E-state index in [4.69, 9.17) is 5.73 Å². The zero-order valence-electron chi connectivity index (χ0n) is 10.1. The van der Waals surface area contributed by atoms with E-state index in [0.717, 1.165) is 17.0 Å². The van der Waals surface area contributed by atoms with Crippen molar-refractivity contribution in [2.24, 2.45) is 11.7 Å². The second-order valence-corrected chi connectivity index (χ2v) is 5.42. The van der Waals surface area contributed by atoms with Crippen LogP contribution in [0.5, 0.6) is 0 Å². The molecule has 0 saturated carbocycles. The van der Waals surface area contributed by atoms with Gasteiger partial charge >= 0.3 is 6.18 Å². The number of hydrogen-bond donors (Lipinski definition) is 1. The highest BCUT2D eigenvalue weighted by Gasteiger charge is 2.36. The Bertz CT molecular complexity index is 574. The lowest BCUT2D eigenvalue weighted by atomic mass is 10.1. The van der Waals surface area contributed by atoms with Gasteiger partial charge in [-0.05, 0) is 18.2 Å². The summed E-state index contributed by atoms with van der Waals surface area (Å²) in [6.07, 6.45) is -4.59. The molecule has 1 unspecified atom stereocenters. The minimum atomic E-state index is -4.51. The number of carbonyl (C=O) groups excluding carboxylic acids is 2. The molecule has 1 atom stereocenters. The summed E-state index contributed by atoms with van der Waals surface area (Å²) in [4.78, 5) is 24.0. The van der Waals surface area contributed by atoms with Crippen molar-refractivity contribution in [3.63, 3.8) is 0 Å². The lowest BCUT2D eigenvalue weighted by Gasteiger charge is -2.18. The van der Waals surface area contributed by atoms with Crippen LogP contribution in [0.4, 0.5) is 18.9 Å². The maximum atomic E-state index is 12.7. The zero-order valence-corrected chi connectivity index (χ0v) is 11.7. The highest BCUT2D eigenvalue weighted by molar-refractivity contribution is 9.10. The van der Waals surface area contributed by atoms with Gasteiger partial charge in [0.2, 0.25) is 11.8 Å². The number of benzene rings is 1. The zero-order chi connectivity index (χ0) is 15.1. The Morgan fingerprint density at radius 3 is 2.50 bits per heavy atom. The average Bonchev–Trinajstić information content (AvgIpc) is 2.69. The van der Waals surface area contributed by atoms with Crippen molar-refractivity contribution in [2.45, 2.75) is 12.6 Å². The Hall–Kier alpha value is -1.57. The highest BCUT2D eigenvalue weighted by Crippen LogP contribution is 2.36. The van der Waals surface area contributed by atoms with Crippen molar-refractivity contribution in [1.29, 1.82) is 0 Å². The fourth-order valence-electron chi connectivity index (χ4n) is 2.04. The normalized spacial score (nSPS) is 19.5. The molecule has 4 nitrogen and oxygen atoms in total. The maximum absolute atomic E-state index is 12.7. The van der Waals surface area contributed by atoms with Crippen LogP contribution >= 0.6 is 15.9 Å². The summed E-state index contributed by atoms with van der Waals surface area (Å²) >= 11 is 2.99. The minimum absolute atomic E-state index is 0.00190. The quantitative estimate of drug-likeness (QED) is 0.889. The molecule has 0 spiro atoms. The summed E-state index contributed by atoms with van der Waals surface area (Å²) in [6.45, 7) is 0.00190. The topological polar surface area (TPSA) is 63.4 Å². The Morgan fingerprint density at radius 1 is 1.35 bits per heavy atom. The van der Waals surface area contributed by atoms with Crippen LogP contribution in [0.25, 0.3) is 0 Å². The van der Waals surface area contributed by atoms with E-state index in [1.54, 1.807) is 0 Å². The molecule has 20 heavy (non-hydrogen) atoms. The van der Waals surface area contributed by atoms with E-state index < -0.39 is 29.5 Å². The Morgan fingerprint density at radius 2 is 2.00 bits per heavy atom. The van der Waals surface area contributed by atoms with Crippen LogP contribution in [0.3, 0.4) is 0 Å². The smallest absolute Gasteiger partial charge is 0.369 e. The van der Waals surface area contributed by atoms with E-state index in [-0.39, 0.29) is 23.1 Å². The number of alkyl halides is 3. The first kappa shape index (κ1) is 14.8. The predicted molar refractivity (Wildman–Crippen MR) is 68.8 cm³/mol. The number of hydrogen-bond acceptors (Lipinski definition) is 2. The molecule has 2 rings (SSSR count). The molecule has 0 aromatic heterocycles. The fraction of sp³-hybridized carbons (Fsp3) is 0.333. The third kappa shape index (κ3) is 2.95. The van der Waals surface area contributed by atoms with Crippen molar-refractivity contribution in [1.82, 2.24) is 0 Å². The lowest BCUT2D eigenvalue weighted by molar-refractivity contribution is -0.137. The lowest BCUT2D eigenvalue weighted by Crippen LogP contribution is -2.28. The number of anilines is 1. The molecule has 1 saturated heterocycles. The molecule has 1 aliphatic heterocycles. The molecular weight excluding hydrogens is 341 g/mol. The number of nitrogens with zero attached hydrogens (tertiary/aromatic N) is 1. The summed E-state index contributed by atoms with van der Waals surface area (Å²) in [7, 11) is 0. The second-order valence-electron chi connectivity index (χ2n) is 4.50. The molecule has 1 aromatic rings. The molecule has 1 aromatic carbocycles. The third-order valence-corrected chi connectivity index (χ3v) is 3.51. The van der Waals surface area contributed by atoms with Gasteiger partial charge in [-0.25, -0.2) is 0 Å². The van der Waals surface area contributed by atoms with Gasteiger partial charge in [-0.1, -0.05) is 15.9 Å². The first-order valence-electron chi connectivity index (χ1n) is 5.66. The maximum Gasteiger partial charge on any atom is 0.416 e. The molecule has 0 aliphatic carbocycles. The van der Waals surface area contributed by atoms with Crippen molar-refractivity contribution >= 4 is 33.4 Å². The molecule has 1 heterocycles. The van der Waals surface area contributed by atoms with Crippen molar-refractivity contribution in [2.75, 3.05) is 11.4 Å². The molecule has 0 bridgehead atoms. The Kier molecular flexibility index (Phi) is 3.77. The number of rotatable bonds is 2. The average molecular weight is 351 g/mol. The molecule has 8 heteroatoms. The van der Waals surface area contributed by atoms with E-state index in [0.29, 0.717) is 0 Å². The number of halogens is 4. The van der Waals surface area contributed by atoms with Gasteiger partial charge in [-0.2, -0.15) is 13.2 Å². The van der Waals surface area contributed by atoms with E-state index >= 15 is 0 Å². The van der Waals surface area contributed by atoms with Crippen molar-refractivity contribution < 1.29 is 22.8 Å². The van der Waals surface area contributed by atoms with Crippen molar-refractivity contribution in [3.8, 4) is 0 Å². The van der Waals surface area contributed by atoms with Gasteiger partial charge in [0, 0.05) is 23.1 Å². The molecule has 2 amide bonds. The molecule has 1 fully saturated rings. The van der Waals surface area contributed by atoms with Gasteiger partial charge in [-0.15, -0.1) is 0 Å². The largest absolute Gasteiger partial charge is 0.416 e. The van der Waals surface area contributed by atoms with Gasteiger partial charge in [-0.3, -0.25) is 9.59 Å². The summed E-state index contributed by atoms with van der Waals surface area (Å²) in [6, 6.07) is 3.21. The minimum Gasteiger partial charge on any atom is -0.369 e. The van der Waals surface area contributed by atoms with E-state index in [1.807, 2.05) is 0 Å². The fourth-order valence-corrected chi connectivity index (χ4v) is 2.52. The van der Waals surface area contributed by atoms with E-state index in [1.165, 1.54) is 6.07 Å². The van der Waals surface area contributed by atoms with E-state index in [9.17, 15) is 22.8 Å². The van der Waals surface area contributed by atoms with Gasteiger partial charge in [0.25, 0.3) is 0 Å². The van der Waals surface area contributed by atoms with Gasteiger partial charge in [0.05, 0.1) is 11.5 Å². The molecule has 1 aliphatic rings. The second kappa shape index (κ2) is 5.08. The van der Waals surface area contributed by atoms with Crippen LogP contribution in [-0.4, -0.2) is 18.4 Å². The standard InChI is InChI=1S/C12H10BrF3N2O2/c13-8-2-7(12(14,15)16)3-9(4-8)18-5-6(11(17)20)1-10(18)19/h2-4,6H,1,5H2,(H2,17,20). The monoisotopic (exact) mass is 350 g/mol. The SMILES string of the molecule is NC(=O)C1CC(=O)N(c2cc(Br)cc(C(F)(F)F)c2)C1. The van der Waals surface area contributed by atoms with Crippen LogP contribution in [0.2, 0.25) is 0 Å². The third-order valence-electron chi connectivity index (χ3n) is 3.05. The molecule has 0 radical (unpaired) electrons. The van der Waals surface area contributed by atoms with E-state index in [2.05, 4.69) is 15.9 Å². The number of carbonyl (C=O) groups is 2. The van der Waals surface area contributed by atoms with Crippen LogP contribution in [-0.2, 0) is 15.8 Å². The van der Waals surface area contributed by atoms with Crippen LogP contribution in [0.1, 0.15) is 12.0 Å². The highest BCUT2D eigenvalue weighted by atomic mass is 79.9. The van der Waals surface area contributed by atoms with Crippen LogP contribution in [0, 0.1) is 5.92 Å². The first-order chi connectivity index (χ1) is 9.18. The summed E-state index contributed by atoms with van der Waals surface area (Å²) in [5, 5.41) is 0. The molecular formula is C12H10BrF3N2O2. The Labute approximate surface area is 120 Å². The van der Waals surface area contributed by atoms with Crippen LogP contribution in [0.15, 0.2) is 22.7 Å². The van der Waals surface area contributed by atoms with Gasteiger partial charge in [0.15, 0.2) is 0 Å². The first-order valence-corrected chi connectivity index (χ1v) is 6.45. The van der Waals surface area contributed by atoms with Gasteiger partial charge in [0.1, 0.15) is 0 Å². The predicted octanol–water partition coefficient (Wildman–Crippen LogP) is 2.31. The summed E-state index contributed by atoms with van der Waals surface area (Å²) in [5.74, 6) is -1.72. The summed E-state index contributed by atoms with van der Waals surface area (Å²) < 4.78 is 38.4. The van der Waals surface area contributed by atoms with Gasteiger partial charge < -0.3 is 10.6 Å². The summed E-state index contributed by atoms with van der Waals surface area (Å²) in [5.41, 5.74) is 4.36. The molecule has 2 N–H and O–H groups in total. The number of primary amides is 1. The Balaban J connectivity index is 2.36. The van der Waals surface area contributed by atoms with Crippen molar-refractivity contribution in [3.05, 3.63) is 28.2 Å².